The summed E-state index contributed by atoms with van der Waals surface area (Å²) in [4.78, 5) is 12.7. The summed E-state index contributed by atoms with van der Waals surface area (Å²) in [5, 5.41) is 3.67. The molecule has 150 valence electrons. The van der Waals surface area contributed by atoms with Gasteiger partial charge >= 0.3 is 0 Å². The van der Waals surface area contributed by atoms with Crippen molar-refractivity contribution in [1.29, 1.82) is 0 Å². The molecule has 0 saturated carbocycles. The summed E-state index contributed by atoms with van der Waals surface area (Å²) >= 11 is 12.0. The summed E-state index contributed by atoms with van der Waals surface area (Å²) in [6.45, 7) is 4.36. The first-order valence-electron chi connectivity index (χ1n) is 9.00. The maximum absolute atomic E-state index is 12.7. The van der Waals surface area contributed by atoms with E-state index in [1.807, 2.05) is 25.1 Å². The van der Waals surface area contributed by atoms with Gasteiger partial charge < -0.3 is 14.8 Å². The van der Waals surface area contributed by atoms with Crippen molar-refractivity contribution in [2.24, 2.45) is 0 Å². The van der Waals surface area contributed by atoms with Crippen molar-refractivity contribution in [2.75, 3.05) is 12.4 Å². The number of carbonyl (C=O) groups is 1. The van der Waals surface area contributed by atoms with Crippen molar-refractivity contribution in [3.8, 4) is 11.5 Å². The third-order valence-electron chi connectivity index (χ3n) is 4.59. The second-order valence-electron chi connectivity index (χ2n) is 6.64. The number of amides is 1. The number of aryl methyl sites for hydroxylation is 2. The first kappa shape index (κ1) is 21.0. The largest absolute Gasteiger partial charge is 0.496 e. The van der Waals surface area contributed by atoms with E-state index < -0.39 is 0 Å². The first-order chi connectivity index (χ1) is 13.9. The number of carbonyl (C=O) groups excluding carboxylic acids is 1. The molecule has 0 radical (unpaired) electrons. The van der Waals surface area contributed by atoms with Crippen LogP contribution in [0.4, 0.5) is 5.69 Å². The van der Waals surface area contributed by atoms with E-state index in [-0.39, 0.29) is 12.5 Å². The Morgan fingerprint density at radius 2 is 1.76 bits per heavy atom. The molecule has 0 aliphatic rings. The molecule has 0 aromatic heterocycles. The number of hydrogen-bond acceptors (Lipinski definition) is 3. The molecule has 1 amide bonds. The monoisotopic (exact) mass is 429 g/mol. The molecular weight excluding hydrogens is 409 g/mol. The highest BCUT2D eigenvalue weighted by atomic mass is 35.5. The maximum atomic E-state index is 12.7. The number of halogens is 2. The Labute approximate surface area is 180 Å². The van der Waals surface area contributed by atoms with Gasteiger partial charge in [0, 0.05) is 16.1 Å². The lowest BCUT2D eigenvalue weighted by molar-refractivity contribution is 0.102. The van der Waals surface area contributed by atoms with Crippen molar-refractivity contribution in [1.82, 2.24) is 0 Å². The van der Waals surface area contributed by atoms with Crippen LogP contribution >= 0.6 is 23.2 Å². The fraction of sp³-hybridized carbons (Fsp3) is 0.174. The standard InChI is InChI=1S/C23H21Cl2NO3/c1-14-4-7-19(10-15(14)2)29-13-17-11-16(5-9-22(17)28-3)23(27)26-21-8-6-18(24)12-20(21)25/h4-12H,13H2,1-3H3,(H,26,27). The van der Waals surface area contributed by atoms with E-state index in [0.717, 1.165) is 16.9 Å². The number of methoxy groups -OCH3 is 1. The van der Waals surface area contributed by atoms with Crippen LogP contribution in [-0.2, 0) is 6.61 Å². The molecular formula is C23H21Cl2NO3. The molecule has 3 aromatic carbocycles. The van der Waals surface area contributed by atoms with E-state index in [1.165, 1.54) is 5.56 Å². The zero-order chi connectivity index (χ0) is 21.0. The number of nitrogens with one attached hydrogen (secondary N) is 1. The number of hydrogen-bond donors (Lipinski definition) is 1. The van der Waals surface area contributed by atoms with E-state index in [9.17, 15) is 4.79 Å². The smallest absolute Gasteiger partial charge is 0.255 e. The lowest BCUT2D eigenvalue weighted by Crippen LogP contribution is -2.13. The topological polar surface area (TPSA) is 47.6 Å². The Morgan fingerprint density at radius 1 is 0.966 bits per heavy atom. The van der Waals surface area contributed by atoms with Gasteiger partial charge in [0.05, 0.1) is 17.8 Å². The van der Waals surface area contributed by atoms with Crippen LogP contribution in [0.3, 0.4) is 0 Å². The highest BCUT2D eigenvalue weighted by Gasteiger charge is 2.13. The van der Waals surface area contributed by atoms with Gasteiger partial charge in [0.1, 0.15) is 18.1 Å². The Morgan fingerprint density at radius 3 is 2.45 bits per heavy atom. The normalized spacial score (nSPS) is 10.5. The molecule has 0 aliphatic heterocycles. The van der Waals surface area contributed by atoms with Gasteiger partial charge in [-0.2, -0.15) is 0 Å². The van der Waals surface area contributed by atoms with Gasteiger partial charge in [-0.25, -0.2) is 0 Å². The highest BCUT2D eigenvalue weighted by molar-refractivity contribution is 6.36. The molecule has 0 atom stereocenters. The number of benzene rings is 3. The number of ether oxygens (including phenoxy) is 2. The quantitative estimate of drug-likeness (QED) is 0.489. The zero-order valence-electron chi connectivity index (χ0n) is 16.4. The van der Waals surface area contributed by atoms with Crippen LogP contribution < -0.4 is 14.8 Å². The van der Waals surface area contributed by atoms with Crippen LogP contribution in [0.25, 0.3) is 0 Å². The predicted molar refractivity (Wildman–Crippen MR) is 118 cm³/mol. The second-order valence-corrected chi connectivity index (χ2v) is 7.48. The molecule has 0 saturated heterocycles. The van der Waals surface area contributed by atoms with Crippen molar-refractivity contribution in [3.63, 3.8) is 0 Å². The SMILES string of the molecule is COc1ccc(C(=O)Nc2ccc(Cl)cc2Cl)cc1COc1ccc(C)c(C)c1. The summed E-state index contributed by atoms with van der Waals surface area (Å²) in [5.74, 6) is 1.12. The fourth-order valence-corrected chi connectivity index (χ4v) is 3.24. The predicted octanol–water partition coefficient (Wildman–Crippen LogP) is 6.45. The van der Waals surface area contributed by atoms with E-state index in [1.54, 1.807) is 43.5 Å². The lowest BCUT2D eigenvalue weighted by atomic mass is 10.1. The van der Waals surface area contributed by atoms with Crippen LogP contribution in [0.5, 0.6) is 11.5 Å². The Kier molecular flexibility index (Phi) is 6.68. The summed E-state index contributed by atoms with van der Waals surface area (Å²) in [7, 11) is 1.59. The molecule has 0 unspecified atom stereocenters. The number of rotatable bonds is 6. The molecule has 0 heterocycles. The Hall–Kier alpha value is -2.69. The minimum Gasteiger partial charge on any atom is -0.496 e. The van der Waals surface area contributed by atoms with E-state index in [2.05, 4.69) is 12.2 Å². The van der Waals surface area contributed by atoms with Crippen molar-refractivity contribution >= 4 is 34.8 Å². The second kappa shape index (κ2) is 9.21. The van der Waals surface area contributed by atoms with E-state index >= 15 is 0 Å². The molecule has 4 nitrogen and oxygen atoms in total. The van der Waals surface area contributed by atoms with Crippen LogP contribution in [0.15, 0.2) is 54.6 Å². The molecule has 6 heteroatoms. The molecule has 0 fully saturated rings. The highest BCUT2D eigenvalue weighted by Crippen LogP contribution is 2.27. The van der Waals surface area contributed by atoms with Crippen LogP contribution in [0, 0.1) is 13.8 Å². The van der Waals surface area contributed by atoms with Crippen LogP contribution in [-0.4, -0.2) is 13.0 Å². The third-order valence-corrected chi connectivity index (χ3v) is 5.14. The molecule has 3 aromatic rings. The molecule has 29 heavy (non-hydrogen) atoms. The molecule has 0 spiro atoms. The van der Waals surface area contributed by atoms with Crippen LogP contribution in [0.2, 0.25) is 10.0 Å². The maximum Gasteiger partial charge on any atom is 0.255 e. The van der Waals surface area contributed by atoms with Crippen molar-refractivity contribution in [3.05, 3.63) is 86.9 Å². The van der Waals surface area contributed by atoms with E-state index in [0.29, 0.717) is 27.0 Å². The van der Waals surface area contributed by atoms with Gasteiger partial charge in [-0.1, -0.05) is 29.3 Å². The van der Waals surface area contributed by atoms with Gasteiger partial charge in [-0.15, -0.1) is 0 Å². The average molecular weight is 430 g/mol. The molecule has 1 N–H and O–H groups in total. The molecule has 0 aliphatic carbocycles. The van der Waals surface area contributed by atoms with Crippen molar-refractivity contribution < 1.29 is 14.3 Å². The van der Waals surface area contributed by atoms with E-state index in [4.69, 9.17) is 32.7 Å². The lowest BCUT2D eigenvalue weighted by Gasteiger charge is -2.13. The zero-order valence-corrected chi connectivity index (χ0v) is 17.9. The summed E-state index contributed by atoms with van der Waals surface area (Å²) in [5.41, 5.74) is 4.08. The Bertz CT molecular complexity index is 1050. The summed E-state index contributed by atoms with van der Waals surface area (Å²) in [6, 6.07) is 16.0. The summed E-state index contributed by atoms with van der Waals surface area (Å²) < 4.78 is 11.3. The fourth-order valence-electron chi connectivity index (χ4n) is 2.78. The van der Waals surface area contributed by atoms with Gasteiger partial charge in [0.2, 0.25) is 0 Å². The van der Waals surface area contributed by atoms with Gasteiger partial charge in [0.15, 0.2) is 0 Å². The first-order valence-corrected chi connectivity index (χ1v) is 9.76. The molecule has 3 rings (SSSR count). The van der Waals surface area contributed by atoms with Gasteiger partial charge in [-0.3, -0.25) is 4.79 Å². The third kappa shape index (κ3) is 5.22. The molecule has 0 bridgehead atoms. The van der Waals surface area contributed by atoms with Crippen molar-refractivity contribution in [2.45, 2.75) is 20.5 Å². The minimum atomic E-state index is -0.288. The number of anilines is 1. The van der Waals surface area contributed by atoms with Gasteiger partial charge in [0.25, 0.3) is 5.91 Å². The Balaban J connectivity index is 1.78. The van der Waals surface area contributed by atoms with Crippen LogP contribution in [0.1, 0.15) is 27.0 Å². The summed E-state index contributed by atoms with van der Waals surface area (Å²) in [6.07, 6.45) is 0. The average Bonchev–Trinajstić information content (AvgIpc) is 2.70. The minimum absolute atomic E-state index is 0.272. The van der Waals surface area contributed by atoms with Gasteiger partial charge in [-0.05, 0) is 73.5 Å².